The van der Waals surface area contributed by atoms with Crippen molar-refractivity contribution in [1.82, 2.24) is 4.98 Å². The molecule has 1 heterocycles. The molecule has 0 bridgehead atoms. The zero-order valence-electron chi connectivity index (χ0n) is 18.0. The molecule has 0 saturated carbocycles. The van der Waals surface area contributed by atoms with Crippen LogP contribution in [0.25, 0.3) is 0 Å². The van der Waals surface area contributed by atoms with Crippen LogP contribution in [0.15, 0.2) is 34.8 Å². The molecule has 0 radical (unpaired) electrons. The predicted molar refractivity (Wildman–Crippen MR) is 118 cm³/mol. The first kappa shape index (κ1) is 25.1. The molecule has 2 aromatic rings. The van der Waals surface area contributed by atoms with Gasteiger partial charge in [0, 0.05) is 16.1 Å². The van der Waals surface area contributed by atoms with Crippen molar-refractivity contribution in [2.24, 2.45) is 0 Å². The molecule has 0 unspecified atom stereocenters. The van der Waals surface area contributed by atoms with Crippen LogP contribution in [0.5, 0.6) is 17.4 Å². The Morgan fingerprint density at radius 3 is 2.06 bits per heavy atom. The number of ether oxygens (including phenoxy) is 5. The number of hydrogen-bond acceptors (Lipinski definition) is 9. The molecule has 0 amide bonds. The van der Waals surface area contributed by atoms with Crippen LogP contribution in [0, 0.1) is 0 Å². The normalized spacial score (nSPS) is 10.2. The van der Waals surface area contributed by atoms with Crippen LogP contribution >= 0.6 is 15.9 Å². The number of pyridine rings is 1. The molecule has 2 rings (SSSR count). The van der Waals surface area contributed by atoms with Crippen LogP contribution < -0.4 is 14.2 Å². The summed E-state index contributed by atoms with van der Waals surface area (Å²) < 4.78 is 26.3. The minimum absolute atomic E-state index is 0.0622. The van der Waals surface area contributed by atoms with Crippen molar-refractivity contribution in [3.8, 4) is 17.4 Å². The Hall–Kier alpha value is -3.14. The number of rotatable bonds is 10. The second kappa shape index (κ2) is 12.7. The fraction of sp³-hybridized carbons (Fsp3) is 0.364. The largest absolute Gasteiger partial charge is 0.514 e. The molecule has 9 nitrogen and oxygen atoms in total. The van der Waals surface area contributed by atoms with E-state index in [-0.39, 0.29) is 42.9 Å². The first-order valence-electron chi connectivity index (χ1n) is 10.1. The van der Waals surface area contributed by atoms with Gasteiger partial charge in [-0.05, 0) is 44.5 Å². The van der Waals surface area contributed by atoms with Crippen molar-refractivity contribution < 1.29 is 38.1 Å². The SMILES string of the molecule is CCCCOc1nc(C(=O)c2ccc(Br)cc2)c(OC(=O)OCC)cc1OC(=O)OCC. The Balaban J connectivity index is 2.54. The summed E-state index contributed by atoms with van der Waals surface area (Å²) in [6.07, 6.45) is -0.481. The Kier molecular flexibility index (Phi) is 9.93. The third kappa shape index (κ3) is 7.23. The number of carbonyl (C=O) groups excluding carboxylic acids is 3. The average Bonchev–Trinajstić information content (AvgIpc) is 2.75. The first-order valence-corrected chi connectivity index (χ1v) is 10.9. The second-order valence-electron chi connectivity index (χ2n) is 6.25. The minimum atomic E-state index is -1.04. The number of benzene rings is 1. The minimum Gasteiger partial charge on any atom is -0.475 e. The standard InChI is InChI=1S/C22H24BrNO8/c1-4-7-12-30-20-17(32-22(27)29-6-3)13-16(31-21(26)28-5-2)18(24-20)19(25)14-8-10-15(23)11-9-14/h8-11,13H,4-7,12H2,1-3H3. The van der Waals surface area contributed by atoms with Gasteiger partial charge in [0.1, 0.15) is 0 Å². The van der Waals surface area contributed by atoms with Gasteiger partial charge in [0.25, 0.3) is 5.88 Å². The van der Waals surface area contributed by atoms with Crippen LogP contribution in [0.4, 0.5) is 9.59 Å². The van der Waals surface area contributed by atoms with Gasteiger partial charge in [0.2, 0.25) is 5.78 Å². The summed E-state index contributed by atoms with van der Waals surface area (Å²) in [7, 11) is 0. The first-order chi connectivity index (χ1) is 15.4. The summed E-state index contributed by atoms with van der Waals surface area (Å²) in [6, 6.07) is 7.73. The van der Waals surface area contributed by atoms with Crippen LogP contribution in [-0.4, -0.2) is 42.9 Å². The van der Waals surface area contributed by atoms with Gasteiger partial charge < -0.3 is 23.7 Å². The maximum absolute atomic E-state index is 13.1. The Morgan fingerprint density at radius 2 is 1.50 bits per heavy atom. The van der Waals surface area contributed by atoms with Crippen LogP contribution in [-0.2, 0) is 9.47 Å². The van der Waals surface area contributed by atoms with Crippen molar-refractivity contribution in [2.75, 3.05) is 19.8 Å². The summed E-state index contributed by atoms with van der Waals surface area (Å²) in [5.41, 5.74) is 0.0936. The summed E-state index contributed by atoms with van der Waals surface area (Å²) >= 11 is 3.31. The van der Waals surface area contributed by atoms with E-state index >= 15 is 0 Å². The zero-order valence-corrected chi connectivity index (χ0v) is 19.6. The van der Waals surface area contributed by atoms with Gasteiger partial charge in [-0.3, -0.25) is 4.79 Å². The molecule has 0 atom stereocenters. The van der Waals surface area contributed by atoms with Gasteiger partial charge in [-0.25, -0.2) is 14.6 Å². The van der Waals surface area contributed by atoms with E-state index in [1.54, 1.807) is 38.1 Å². The molecule has 1 aromatic heterocycles. The van der Waals surface area contributed by atoms with E-state index < -0.39 is 18.1 Å². The summed E-state index contributed by atoms with van der Waals surface area (Å²) in [5.74, 6) is -1.05. The monoisotopic (exact) mass is 509 g/mol. The highest BCUT2D eigenvalue weighted by Crippen LogP contribution is 2.34. The molecule has 0 spiro atoms. The molecule has 0 saturated heterocycles. The summed E-state index contributed by atoms with van der Waals surface area (Å²) in [6.45, 7) is 5.62. The summed E-state index contributed by atoms with van der Waals surface area (Å²) in [4.78, 5) is 41.2. The lowest BCUT2D eigenvalue weighted by molar-refractivity contribution is 0.0985. The molecule has 0 aliphatic carbocycles. The van der Waals surface area contributed by atoms with Crippen LogP contribution in [0.3, 0.4) is 0 Å². The Labute approximate surface area is 194 Å². The topological polar surface area (TPSA) is 110 Å². The van der Waals surface area contributed by atoms with Crippen molar-refractivity contribution >= 4 is 34.0 Å². The highest BCUT2D eigenvalue weighted by molar-refractivity contribution is 9.10. The number of ketones is 1. The van der Waals surface area contributed by atoms with E-state index in [4.69, 9.17) is 23.7 Å². The van der Waals surface area contributed by atoms with E-state index in [0.29, 0.717) is 12.0 Å². The van der Waals surface area contributed by atoms with Crippen LogP contribution in [0.1, 0.15) is 49.7 Å². The molecule has 0 N–H and O–H groups in total. The molecule has 10 heteroatoms. The molecule has 0 aliphatic heterocycles. The predicted octanol–water partition coefficient (Wildman–Crippen LogP) is 5.32. The van der Waals surface area contributed by atoms with Crippen molar-refractivity contribution in [1.29, 1.82) is 0 Å². The Morgan fingerprint density at radius 1 is 0.906 bits per heavy atom. The highest BCUT2D eigenvalue weighted by Gasteiger charge is 2.25. The van der Waals surface area contributed by atoms with Crippen molar-refractivity contribution in [3.05, 3.63) is 46.1 Å². The van der Waals surface area contributed by atoms with Crippen molar-refractivity contribution in [3.63, 3.8) is 0 Å². The van der Waals surface area contributed by atoms with E-state index in [2.05, 4.69) is 20.9 Å². The van der Waals surface area contributed by atoms with E-state index in [1.165, 1.54) is 6.07 Å². The maximum atomic E-state index is 13.1. The van der Waals surface area contributed by atoms with Gasteiger partial charge in [-0.15, -0.1) is 0 Å². The molecule has 1 aromatic carbocycles. The molecule has 0 fully saturated rings. The Bertz CT molecular complexity index is 946. The zero-order chi connectivity index (χ0) is 23.5. The maximum Gasteiger partial charge on any atom is 0.514 e. The molecular weight excluding hydrogens is 486 g/mol. The van der Waals surface area contributed by atoms with Gasteiger partial charge in [-0.1, -0.05) is 29.3 Å². The lowest BCUT2D eigenvalue weighted by Crippen LogP contribution is -2.17. The molecular formula is C22H24BrNO8. The quantitative estimate of drug-likeness (QED) is 0.238. The number of carbonyl (C=O) groups is 3. The number of hydrogen-bond donors (Lipinski definition) is 0. The third-order valence-electron chi connectivity index (χ3n) is 3.89. The lowest BCUT2D eigenvalue weighted by atomic mass is 10.1. The smallest absolute Gasteiger partial charge is 0.475 e. The third-order valence-corrected chi connectivity index (χ3v) is 4.42. The van der Waals surface area contributed by atoms with Crippen LogP contribution in [0.2, 0.25) is 0 Å². The second-order valence-corrected chi connectivity index (χ2v) is 7.16. The lowest BCUT2D eigenvalue weighted by Gasteiger charge is -2.15. The van der Waals surface area contributed by atoms with Gasteiger partial charge in [0.05, 0.1) is 19.8 Å². The van der Waals surface area contributed by atoms with Crippen molar-refractivity contribution in [2.45, 2.75) is 33.6 Å². The molecule has 32 heavy (non-hydrogen) atoms. The highest BCUT2D eigenvalue weighted by atomic mass is 79.9. The number of unbranched alkanes of at least 4 members (excludes halogenated alkanes) is 1. The van der Waals surface area contributed by atoms with E-state index in [9.17, 15) is 14.4 Å². The summed E-state index contributed by atoms with van der Waals surface area (Å²) in [5, 5.41) is 0. The number of nitrogens with zero attached hydrogens (tertiary/aromatic N) is 1. The molecule has 172 valence electrons. The molecule has 0 aliphatic rings. The van der Waals surface area contributed by atoms with Gasteiger partial charge in [0.15, 0.2) is 17.2 Å². The number of aromatic nitrogens is 1. The van der Waals surface area contributed by atoms with E-state index in [0.717, 1.165) is 10.9 Å². The van der Waals surface area contributed by atoms with E-state index in [1.807, 2.05) is 6.92 Å². The number of halogens is 1. The van der Waals surface area contributed by atoms with Gasteiger partial charge >= 0.3 is 12.3 Å². The fourth-order valence-corrected chi connectivity index (χ4v) is 2.67. The fourth-order valence-electron chi connectivity index (χ4n) is 2.40. The van der Waals surface area contributed by atoms with Gasteiger partial charge in [-0.2, -0.15) is 0 Å². The average molecular weight is 510 g/mol.